The van der Waals surface area contributed by atoms with Crippen molar-refractivity contribution in [3.63, 3.8) is 0 Å². The van der Waals surface area contributed by atoms with E-state index in [1.165, 1.54) is 38.9 Å². The third-order valence-corrected chi connectivity index (χ3v) is 5.92. The molecule has 0 spiro atoms. The fraction of sp³-hybridized carbons (Fsp3) is 0.667. The molecule has 1 heterocycles. The van der Waals surface area contributed by atoms with E-state index in [2.05, 4.69) is 27.4 Å². The molecule has 3 rings (SSSR count). The number of likely N-dealkylation sites (tertiary alicyclic amines) is 1. The van der Waals surface area contributed by atoms with Gasteiger partial charge in [0.2, 0.25) is 0 Å². The molecule has 1 aromatic rings. The number of guanidine groups is 1. The molecule has 2 aliphatic rings. The molecule has 5 heteroatoms. The number of hydrogen-bond acceptors (Lipinski definition) is 2. The maximum absolute atomic E-state index is 14.1. The van der Waals surface area contributed by atoms with Crippen molar-refractivity contribution >= 4 is 5.96 Å². The van der Waals surface area contributed by atoms with Crippen LogP contribution in [0, 0.1) is 11.7 Å². The van der Waals surface area contributed by atoms with Gasteiger partial charge in [-0.05, 0) is 69.3 Å². The van der Waals surface area contributed by atoms with Crippen LogP contribution in [-0.4, -0.2) is 50.6 Å². The molecule has 2 N–H and O–H groups in total. The quantitative estimate of drug-likeness (QED) is 0.580. The van der Waals surface area contributed by atoms with Crippen LogP contribution < -0.4 is 10.6 Å². The summed E-state index contributed by atoms with van der Waals surface area (Å²) in [4.78, 5) is 6.92. The highest BCUT2D eigenvalue weighted by molar-refractivity contribution is 5.79. The van der Waals surface area contributed by atoms with Gasteiger partial charge in [0, 0.05) is 25.6 Å². The summed E-state index contributed by atoms with van der Waals surface area (Å²) in [6, 6.07) is 7.17. The van der Waals surface area contributed by atoms with E-state index in [0.717, 1.165) is 37.5 Å². The van der Waals surface area contributed by atoms with Gasteiger partial charge in [-0.25, -0.2) is 4.39 Å². The molecule has 1 saturated carbocycles. The molecule has 26 heavy (non-hydrogen) atoms. The minimum atomic E-state index is -0.0893. The SMILES string of the molecule is CCCN1CCC(CNC(=NC)NCC2(c3ccccc3F)CC2)CC1. The Morgan fingerprint density at radius 3 is 2.58 bits per heavy atom. The van der Waals surface area contributed by atoms with E-state index in [1.807, 2.05) is 19.2 Å². The van der Waals surface area contributed by atoms with Crippen LogP contribution in [-0.2, 0) is 5.41 Å². The van der Waals surface area contributed by atoms with Crippen molar-refractivity contribution in [3.05, 3.63) is 35.6 Å². The summed E-state index contributed by atoms with van der Waals surface area (Å²) in [5.41, 5.74) is 0.778. The molecule has 0 bridgehead atoms. The average molecular weight is 361 g/mol. The predicted octanol–water partition coefficient (Wildman–Crippen LogP) is 3.14. The van der Waals surface area contributed by atoms with E-state index >= 15 is 0 Å². The highest BCUT2D eigenvalue weighted by Gasteiger charge is 2.45. The summed E-state index contributed by atoms with van der Waals surface area (Å²) in [7, 11) is 1.81. The monoisotopic (exact) mass is 360 g/mol. The molecule has 0 atom stereocenters. The fourth-order valence-electron chi connectivity index (χ4n) is 4.03. The van der Waals surface area contributed by atoms with Crippen molar-refractivity contribution in [2.45, 2.75) is 44.4 Å². The molecular weight excluding hydrogens is 327 g/mol. The lowest BCUT2D eigenvalue weighted by Gasteiger charge is -2.32. The van der Waals surface area contributed by atoms with Crippen LogP contribution in [0.4, 0.5) is 4.39 Å². The first kappa shape index (κ1) is 19.2. The summed E-state index contributed by atoms with van der Waals surface area (Å²) >= 11 is 0. The van der Waals surface area contributed by atoms with Crippen LogP contribution in [0.1, 0.15) is 44.6 Å². The molecule has 4 nitrogen and oxygen atoms in total. The third kappa shape index (κ3) is 4.76. The molecule has 0 radical (unpaired) electrons. The molecule has 1 aliphatic heterocycles. The van der Waals surface area contributed by atoms with Gasteiger partial charge < -0.3 is 15.5 Å². The first-order chi connectivity index (χ1) is 12.7. The van der Waals surface area contributed by atoms with Gasteiger partial charge in [0.15, 0.2) is 5.96 Å². The van der Waals surface area contributed by atoms with Crippen LogP contribution in [0.25, 0.3) is 0 Å². The number of aliphatic imine (C=N–C) groups is 1. The van der Waals surface area contributed by atoms with Crippen LogP contribution >= 0.6 is 0 Å². The normalized spacial score (nSPS) is 20.8. The fourth-order valence-corrected chi connectivity index (χ4v) is 4.03. The third-order valence-electron chi connectivity index (χ3n) is 5.92. The zero-order valence-corrected chi connectivity index (χ0v) is 16.2. The van der Waals surface area contributed by atoms with E-state index in [1.54, 1.807) is 12.1 Å². The maximum atomic E-state index is 14.1. The van der Waals surface area contributed by atoms with Crippen LogP contribution in [0.2, 0.25) is 0 Å². The Balaban J connectivity index is 1.44. The number of halogens is 1. The van der Waals surface area contributed by atoms with E-state index in [-0.39, 0.29) is 11.2 Å². The standard InChI is InChI=1S/C21H33FN4/c1-3-12-26-13-8-17(9-14-26)15-24-20(23-2)25-16-21(10-11-21)18-6-4-5-7-19(18)22/h4-7,17H,3,8-16H2,1-2H3,(H2,23,24,25). The summed E-state index contributed by atoms with van der Waals surface area (Å²) in [6.45, 7) is 7.60. The smallest absolute Gasteiger partial charge is 0.191 e. The van der Waals surface area contributed by atoms with Crippen molar-refractivity contribution in [1.29, 1.82) is 0 Å². The van der Waals surface area contributed by atoms with Gasteiger partial charge in [0.25, 0.3) is 0 Å². The molecule has 0 unspecified atom stereocenters. The van der Waals surface area contributed by atoms with Crippen molar-refractivity contribution in [1.82, 2.24) is 15.5 Å². The zero-order valence-electron chi connectivity index (χ0n) is 16.2. The Hall–Kier alpha value is -1.62. The number of piperidine rings is 1. The summed E-state index contributed by atoms with van der Waals surface area (Å²) < 4.78 is 14.1. The highest BCUT2D eigenvalue weighted by atomic mass is 19.1. The first-order valence-corrected chi connectivity index (χ1v) is 10.1. The first-order valence-electron chi connectivity index (χ1n) is 10.1. The Morgan fingerprint density at radius 2 is 1.96 bits per heavy atom. The number of rotatable bonds is 7. The lowest BCUT2D eigenvalue weighted by molar-refractivity contribution is 0.185. The Morgan fingerprint density at radius 1 is 1.23 bits per heavy atom. The molecule has 144 valence electrons. The largest absolute Gasteiger partial charge is 0.356 e. The lowest BCUT2D eigenvalue weighted by Crippen LogP contribution is -2.45. The van der Waals surface area contributed by atoms with Crippen LogP contribution in [0.15, 0.2) is 29.3 Å². The van der Waals surface area contributed by atoms with Crippen molar-refractivity contribution < 1.29 is 4.39 Å². The van der Waals surface area contributed by atoms with Crippen LogP contribution in [0.3, 0.4) is 0 Å². The van der Waals surface area contributed by atoms with Gasteiger partial charge in [-0.3, -0.25) is 4.99 Å². The molecule has 1 aliphatic carbocycles. The number of nitrogens with one attached hydrogen (secondary N) is 2. The molecule has 2 fully saturated rings. The van der Waals surface area contributed by atoms with E-state index in [0.29, 0.717) is 5.92 Å². The topological polar surface area (TPSA) is 39.7 Å². The van der Waals surface area contributed by atoms with Gasteiger partial charge in [-0.2, -0.15) is 0 Å². The molecule has 1 saturated heterocycles. The molecule has 0 amide bonds. The number of benzene rings is 1. The molecule has 0 aromatic heterocycles. The van der Waals surface area contributed by atoms with Gasteiger partial charge >= 0.3 is 0 Å². The van der Waals surface area contributed by atoms with Crippen LogP contribution in [0.5, 0.6) is 0 Å². The van der Waals surface area contributed by atoms with E-state index < -0.39 is 0 Å². The van der Waals surface area contributed by atoms with Gasteiger partial charge in [-0.1, -0.05) is 25.1 Å². The summed E-state index contributed by atoms with van der Waals surface area (Å²) in [6.07, 6.45) is 5.82. The predicted molar refractivity (Wildman–Crippen MR) is 106 cm³/mol. The van der Waals surface area contributed by atoms with E-state index in [4.69, 9.17) is 0 Å². The zero-order chi connectivity index (χ0) is 18.4. The van der Waals surface area contributed by atoms with E-state index in [9.17, 15) is 4.39 Å². The van der Waals surface area contributed by atoms with Gasteiger partial charge in [0.05, 0.1) is 0 Å². The number of hydrogen-bond donors (Lipinski definition) is 2. The molecular formula is C21H33FN4. The lowest BCUT2D eigenvalue weighted by atomic mass is 9.95. The second-order valence-corrected chi connectivity index (χ2v) is 7.85. The minimum absolute atomic E-state index is 0.0611. The Bertz CT molecular complexity index is 604. The van der Waals surface area contributed by atoms with Crippen molar-refractivity contribution in [3.8, 4) is 0 Å². The Kier molecular flexibility index (Phi) is 6.52. The second-order valence-electron chi connectivity index (χ2n) is 7.85. The minimum Gasteiger partial charge on any atom is -0.356 e. The van der Waals surface area contributed by atoms with Gasteiger partial charge in [0.1, 0.15) is 5.82 Å². The van der Waals surface area contributed by atoms with Crippen molar-refractivity contribution in [2.75, 3.05) is 39.8 Å². The molecule has 1 aromatic carbocycles. The van der Waals surface area contributed by atoms with Crippen molar-refractivity contribution in [2.24, 2.45) is 10.9 Å². The highest BCUT2D eigenvalue weighted by Crippen LogP contribution is 2.48. The summed E-state index contributed by atoms with van der Waals surface area (Å²) in [5.74, 6) is 1.46. The second kappa shape index (κ2) is 8.85. The maximum Gasteiger partial charge on any atom is 0.191 e. The Labute approximate surface area is 157 Å². The average Bonchev–Trinajstić information content (AvgIpc) is 3.45. The number of nitrogens with zero attached hydrogens (tertiary/aromatic N) is 2. The van der Waals surface area contributed by atoms with Gasteiger partial charge in [-0.15, -0.1) is 0 Å². The summed E-state index contributed by atoms with van der Waals surface area (Å²) in [5, 5.41) is 6.91.